The number of carbonyl (C=O) groups excluding carboxylic acids is 1. The lowest BCUT2D eigenvalue weighted by Crippen LogP contribution is -2.38. The molecule has 0 spiro atoms. The number of hydrogen-bond acceptors (Lipinski definition) is 5. The van der Waals surface area contributed by atoms with Gasteiger partial charge in [0.05, 0.1) is 30.4 Å². The van der Waals surface area contributed by atoms with E-state index in [2.05, 4.69) is 0 Å². The molecule has 0 aliphatic heterocycles. The van der Waals surface area contributed by atoms with Crippen LogP contribution in [0.5, 0.6) is 5.75 Å². The van der Waals surface area contributed by atoms with Crippen molar-refractivity contribution in [2.45, 2.75) is 57.9 Å². The molecule has 1 heterocycles. The predicted octanol–water partition coefficient (Wildman–Crippen LogP) is 5.66. The second-order valence-electron chi connectivity index (χ2n) is 9.33. The molecule has 10 heteroatoms. The third-order valence-corrected chi connectivity index (χ3v) is 5.94. The molecule has 2 aromatic rings. The van der Waals surface area contributed by atoms with Crippen LogP contribution in [0.4, 0.5) is 13.2 Å². The van der Waals surface area contributed by atoms with Crippen LogP contribution in [0.2, 0.25) is 5.02 Å². The number of esters is 1. The summed E-state index contributed by atoms with van der Waals surface area (Å²) in [5.41, 5.74) is -3.01. The second kappa shape index (κ2) is 8.99. The molecule has 0 radical (unpaired) electrons. The number of ether oxygens (including phenoxy) is 2. The minimum atomic E-state index is -4.52. The summed E-state index contributed by atoms with van der Waals surface area (Å²) >= 11 is 6.06. The van der Waals surface area contributed by atoms with Gasteiger partial charge >= 0.3 is 12.1 Å². The fraction of sp³-hybridized carbons (Fsp3) is 0.458. The van der Waals surface area contributed by atoms with Crippen LogP contribution in [0.15, 0.2) is 35.3 Å². The molecule has 1 aromatic carbocycles. The van der Waals surface area contributed by atoms with E-state index in [1.165, 1.54) is 31.5 Å². The Morgan fingerprint density at radius 1 is 1.24 bits per heavy atom. The molecule has 1 unspecified atom stereocenters. The summed E-state index contributed by atoms with van der Waals surface area (Å²) in [6.07, 6.45) is -4.24. The van der Waals surface area contributed by atoms with Crippen molar-refractivity contribution in [2.24, 2.45) is 5.41 Å². The zero-order valence-corrected chi connectivity index (χ0v) is 19.9. The van der Waals surface area contributed by atoms with E-state index >= 15 is 0 Å². The first kappa shape index (κ1) is 25.6. The molecule has 1 atom stereocenters. The van der Waals surface area contributed by atoms with Crippen molar-refractivity contribution in [1.82, 2.24) is 4.57 Å². The highest BCUT2D eigenvalue weighted by atomic mass is 35.5. The van der Waals surface area contributed by atoms with E-state index in [-0.39, 0.29) is 29.7 Å². The summed E-state index contributed by atoms with van der Waals surface area (Å²) in [5.74, 6) is -0.857. The lowest BCUT2D eigenvalue weighted by Gasteiger charge is -2.29. The van der Waals surface area contributed by atoms with Crippen molar-refractivity contribution in [3.63, 3.8) is 0 Å². The SMILES string of the molecule is COc1cn(C(CC2(C(F)(F)F)CC2)C(=O)OC(C)(C)C)c(=O)cc1-c1cc(Cl)ccc1C#N. The van der Waals surface area contributed by atoms with Crippen LogP contribution in [0.1, 0.15) is 51.6 Å². The van der Waals surface area contributed by atoms with Crippen molar-refractivity contribution in [3.8, 4) is 22.9 Å². The Balaban J connectivity index is 2.15. The molecule has 182 valence electrons. The van der Waals surface area contributed by atoms with Crippen LogP contribution in [0.3, 0.4) is 0 Å². The van der Waals surface area contributed by atoms with E-state index in [0.717, 1.165) is 10.6 Å². The maximum Gasteiger partial charge on any atom is 0.394 e. The van der Waals surface area contributed by atoms with Gasteiger partial charge < -0.3 is 9.47 Å². The Labute approximate surface area is 199 Å². The molecule has 0 bridgehead atoms. The molecular weight excluding hydrogens is 473 g/mol. The van der Waals surface area contributed by atoms with Crippen LogP contribution in [0, 0.1) is 16.7 Å². The van der Waals surface area contributed by atoms with E-state index in [9.17, 15) is 28.0 Å². The molecule has 34 heavy (non-hydrogen) atoms. The number of hydrogen-bond donors (Lipinski definition) is 0. The third-order valence-electron chi connectivity index (χ3n) is 5.71. The van der Waals surface area contributed by atoms with E-state index in [1.54, 1.807) is 20.8 Å². The Bertz CT molecular complexity index is 1200. The van der Waals surface area contributed by atoms with Gasteiger partial charge in [0.15, 0.2) is 0 Å². The van der Waals surface area contributed by atoms with Gasteiger partial charge in [-0.3, -0.25) is 9.36 Å². The third kappa shape index (κ3) is 5.22. The van der Waals surface area contributed by atoms with Gasteiger partial charge in [0.2, 0.25) is 0 Å². The molecule has 1 aliphatic rings. The summed E-state index contributed by atoms with van der Waals surface area (Å²) in [6.45, 7) is 4.77. The molecule has 6 nitrogen and oxygen atoms in total. The van der Waals surface area contributed by atoms with Gasteiger partial charge in [0.25, 0.3) is 5.56 Å². The van der Waals surface area contributed by atoms with Crippen LogP contribution >= 0.6 is 11.6 Å². The number of nitriles is 1. The zero-order chi connectivity index (χ0) is 25.5. The van der Waals surface area contributed by atoms with Gasteiger partial charge in [-0.1, -0.05) is 11.6 Å². The number of nitrogens with zero attached hydrogens (tertiary/aromatic N) is 2. The average Bonchev–Trinajstić information content (AvgIpc) is 3.52. The highest BCUT2D eigenvalue weighted by Gasteiger charge is 2.64. The largest absolute Gasteiger partial charge is 0.495 e. The van der Waals surface area contributed by atoms with Crippen molar-refractivity contribution in [1.29, 1.82) is 5.26 Å². The van der Waals surface area contributed by atoms with E-state index in [1.807, 2.05) is 6.07 Å². The van der Waals surface area contributed by atoms with Gasteiger partial charge in [-0.25, -0.2) is 4.79 Å². The summed E-state index contributed by atoms with van der Waals surface area (Å²) in [4.78, 5) is 26.1. The Morgan fingerprint density at radius 3 is 2.38 bits per heavy atom. The van der Waals surface area contributed by atoms with Gasteiger partial charge in [0, 0.05) is 22.2 Å². The van der Waals surface area contributed by atoms with Crippen molar-refractivity contribution in [2.75, 3.05) is 7.11 Å². The number of methoxy groups -OCH3 is 1. The van der Waals surface area contributed by atoms with Crippen molar-refractivity contribution in [3.05, 3.63) is 51.4 Å². The number of rotatable bonds is 6. The second-order valence-corrected chi connectivity index (χ2v) is 9.77. The van der Waals surface area contributed by atoms with E-state index in [0.29, 0.717) is 10.6 Å². The smallest absolute Gasteiger partial charge is 0.394 e. The summed E-state index contributed by atoms with van der Waals surface area (Å²) in [7, 11) is 1.31. The molecule has 3 rings (SSSR count). The maximum absolute atomic E-state index is 13.7. The Morgan fingerprint density at radius 2 is 1.88 bits per heavy atom. The molecule has 0 amide bonds. The number of pyridine rings is 1. The first-order valence-electron chi connectivity index (χ1n) is 10.5. The van der Waals surface area contributed by atoms with Crippen LogP contribution in [-0.2, 0) is 9.53 Å². The van der Waals surface area contributed by atoms with Crippen LogP contribution in [0.25, 0.3) is 11.1 Å². The molecule has 1 aromatic heterocycles. The fourth-order valence-electron chi connectivity index (χ4n) is 3.77. The number of carbonyl (C=O) groups is 1. The van der Waals surface area contributed by atoms with Gasteiger partial charge in [-0.15, -0.1) is 0 Å². The van der Waals surface area contributed by atoms with Crippen molar-refractivity contribution < 1.29 is 27.4 Å². The summed E-state index contributed by atoms with van der Waals surface area (Å²) in [5, 5.41) is 9.77. The average molecular weight is 497 g/mol. The van der Waals surface area contributed by atoms with Crippen molar-refractivity contribution >= 4 is 17.6 Å². The molecule has 1 saturated carbocycles. The number of benzene rings is 1. The van der Waals surface area contributed by atoms with E-state index in [4.69, 9.17) is 21.1 Å². The number of halogens is 4. The first-order chi connectivity index (χ1) is 15.7. The zero-order valence-electron chi connectivity index (χ0n) is 19.1. The lowest BCUT2D eigenvalue weighted by atomic mass is 9.95. The molecule has 1 fully saturated rings. The fourth-order valence-corrected chi connectivity index (χ4v) is 3.94. The topological polar surface area (TPSA) is 81.3 Å². The standard InChI is InChI=1S/C24H24ClF3N2O4/c1-22(2,3)34-21(32)18(11-23(7-8-23)24(26,27)28)30-13-19(33-4)17(10-20(30)31)16-9-15(25)6-5-14(16)12-29/h5-6,9-10,13,18H,7-8,11H2,1-4H3. The monoisotopic (exact) mass is 496 g/mol. The predicted molar refractivity (Wildman–Crippen MR) is 120 cm³/mol. The maximum atomic E-state index is 13.7. The molecule has 0 saturated heterocycles. The summed E-state index contributed by atoms with van der Waals surface area (Å²) in [6, 6.07) is 6.08. The Hall–Kier alpha value is -2.99. The highest BCUT2D eigenvalue weighted by Crippen LogP contribution is 2.61. The normalized spacial score (nSPS) is 15.9. The van der Waals surface area contributed by atoms with Gasteiger partial charge in [-0.05, 0) is 58.2 Å². The highest BCUT2D eigenvalue weighted by molar-refractivity contribution is 6.31. The molecule has 1 aliphatic carbocycles. The lowest BCUT2D eigenvalue weighted by molar-refractivity contribution is -0.194. The molecule has 0 N–H and O–H groups in total. The summed E-state index contributed by atoms with van der Waals surface area (Å²) < 4.78 is 52.8. The first-order valence-corrected chi connectivity index (χ1v) is 10.9. The number of aromatic nitrogens is 1. The van der Waals surface area contributed by atoms with Gasteiger partial charge in [-0.2, -0.15) is 18.4 Å². The quantitative estimate of drug-likeness (QED) is 0.482. The van der Waals surface area contributed by atoms with Crippen LogP contribution < -0.4 is 10.3 Å². The molecular formula is C24H24ClF3N2O4. The van der Waals surface area contributed by atoms with Crippen LogP contribution in [-0.4, -0.2) is 29.4 Å². The van der Waals surface area contributed by atoms with E-state index < -0.39 is 41.2 Å². The Kier molecular flexibility index (Phi) is 6.78. The minimum absolute atomic E-state index is 0.0868. The minimum Gasteiger partial charge on any atom is -0.495 e. The number of alkyl halides is 3. The van der Waals surface area contributed by atoms with Gasteiger partial charge in [0.1, 0.15) is 17.4 Å².